The van der Waals surface area contributed by atoms with Gasteiger partial charge in [-0.1, -0.05) is 30.7 Å². The third-order valence-electron chi connectivity index (χ3n) is 2.63. The van der Waals surface area contributed by atoms with E-state index in [0.29, 0.717) is 17.5 Å². The SMILES string of the molecule is CC(CN)c1ccc(-n2cc(Cl)cn2)cc1. The zero-order valence-corrected chi connectivity index (χ0v) is 9.85. The molecule has 3 nitrogen and oxygen atoms in total. The average Bonchev–Trinajstić information content (AvgIpc) is 2.75. The van der Waals surface area contributed by atoms with Crippen LogP contribution in [0.2, 0.25) is 5.02 Å². The number of rotatable bonds is 3. The molecule has 16 heavy (non-hydrogen) atoms. The Hall–Kier alpha value is -1.32. The summed E-state index contributed by atoms with van der Waals surface area (Å²) in [6.07, 6.45) is 3.40. The maximum Gasteiger partial charge on any atom is 0.0790 e. The molecule has 0 bridgehead atoms. The van der Waals surface area contributed by atoms with Crippen molar-refractivity contribution in [2.45, 2.75) is 12.8 Å². The highest BCUT2D eigenvalue weighted by atomic mass is 35.5. The summed E-state index contributed by atoms with van der Waals surface area (Å²) < 4.78 is 1.75. The van der Waals surface area contributed by atoms with Crippen LogP contribution in [0.3, 0.4) is 0 Å². The molecule has 2 aromatic rings. The highest BCUT2D eigenvalue weighted by Crippen LogP contribution is 2.17. The van der Waals surface area contributed by atoms with Gasteiger partial charge in [0.25, 0.3) is 0 Å². The molecule has 0 amide bonds. The number of nitrogens with zero attached hydrogens (tertiary/aromatic N) is 2. The lowest BCUT2D eigenvalue weighted by Crippen LogP contribution is -2.08. The van der Waals surface area contributed by atoms with Gasteiger partial charge in [-0.3, -0.25) is 0 Å². The Labute approximate surface area is 99.8 Å². The molecule has 0 radical (unpaired) electrons. The molecule has 0 aliphatic carbocycles. The maximum absolute atomic E-state index is 5.81. The lowest BCUT2D eigenvalue weighted by molar-refractivity contribution is 0.772. The van der Waals surface area contributed by atoms with E-state index in [2.05, 4.69) is 24.2 Å². The maximum atomic E-state index is 5.81. The molecular formula is C12H14ClN3. The van der Waals surface area contributed by atoms with Crippen molar-refractivity contribution in [1.82, 2.24) is 9.78 Å². The summed E-state index contributed by atoms with van der Waals surface area (Å²) in [5, 5.41) is 4.78. The molecule has 4 heteroatoms. The number of hydrogen-bond donors (Lipinski definition) is 1. The number of hydrogen-bond acceptors (Lipinski definition) is 2. The van der Waals surface area contributed by atoms with E-state index in [4.69, 9.17) is 17.3 Å². The lowest BCUT2D eigenvalue weighted by atomic mass is 10.0. The third kappa shape index (κ3) is 2.26. The van der Waals surface area contributed by atoms with Crippen LogP contribution in [0.25, 0.3) is 5.69 Å². The molecule has 0 spiro atoms. The number of benzene rings is 1. The van der Waals surface area contributed by atoms with Gasteiger partial charge >= 0.3 is 0 Å². The van der Waals surface area contributed by atoms with Gasteiger partial charge in [0, 0.05) is 6.20 Å². The van der Waals surface area contributed by atoms with Gasteiger partial charge in [-0.05, 0) is 30.2 Å². The quantitative estimate of drug-likeness (QED) is 0.889. The summed E-state index contributed by atoms with van der Waals surface area (Å²) in [7, 11) is 0. The smallest absolute Gasteiger partial charge is 0.0790 e. The van der Waals surface area contributed by atoms with Crippen molar-refractivity contribution >= 4 is 11.6 Å². The van der Waals surface area contributed by atoms with Gasteiger partial charge in [0.15, 0.2) is 0 Å². The van der Waals surface area contributed by atoms with Gasteiger partial charge in [0.2, 0.25) is 0 Å². The highest BCUT2D eigenvalue weighted by molar-refractivity contribution is 6.30. The summed E-state index contributed by atoms with van der Waals surface area (Å²) >= 11 is 5.81. The van der Waals surface area contributed by atoms with Gasteiger partial charge in [0.05, 0.1) is 16.9 Å². The van der Waals surface area contributed by atoms with Gasteiger partial charge in [-0.15, -0.1) is 0 Å². The highest BCUT2D eigenvalue weighted by Gasteiger charge is 2.04. The van der Waals surface area contributed by atoms with Gasteiger partial charge in [-0.2, -0.15) is 5.10 Å². The van der Waals surface area contributed by atoms with Crippen molar-refractivity contribution in [1.29, 1.82) is 0 Å². The van der Waals surface area contributed by atoms with Crippen molar-refractivity contribution in [3.8, 4) is 5.69 Å². The molecule has 2 rings (SSSR count). The fourth-order valence-corrected chi connectivity index (χ4v) is 1.67. The monoisotopic (exact) mass is 235 g/mol. The second-order valence-corrected chi connectivity index (χ2v) is 4.27. The van der Waals surface area contributed by atoms with Crippen molar-refractivity contribution in [3.63, 3.8) is 0 Å². The number of aromatic nitrogens is 2. The molecule has 1 heterocycles. The van der Waals surface area contributed by atoms with Crippen LogP contribution in [0.1, 0.15) is 18.4 Å². The minimum Gasteiger partial charge on any atom is -0.330 e. The Morgan fingerprint density at radius 3 is 2.56 bits per heavy atom. The molecule has 0 fully saturated rings. The minimum absolute atomic E-state index is 0.384. The van der Waals surface area contributed by atoms with Gasteiger partial charge in [0.1, 0.15) is 0 Å². The van der Waals surface area contributed by atoms with Crippen molar-refractivity contribution < 1.29 is 0 Å². The van der Waals surface area contributed by atoms with Crippen molar-refractivity contribution in [3.05, 3.63) is 47.2 Å². The first-order valence-corrected chi connectivity index (χ1v) is 5.59. The molecule has 0 aliphatic heterocycles. The second-order valence-electron chi connectivity index (χ2n) is 3.83. The van der Waals surface area contributed by atoms with E-state index in [1.165, 1.54) is 5.56 Å². The van der Waals surface area contributed by atoms with Crippen LogP contribution < -0.4 is 5.73 Å². The summed E-state index contributed by atoms with van der Waals surface area (Å²) in [6.45, 7) is 2.77. The van der Waals surface area contributed by atoms with Crippen LogP contribution in [-0.2, 0) is 0 Å². The first kappa shape index (κ1) is 11.2. The molecule has 0 saturated carbocycles. The lowest BCUT2D eigenvalue weighted by Gasteiger charge is -2.09. The molecule has 2 N–H and O–H groups in total. The Balaban J connectivity index is 2.25. The van der Waals surface area contributed by atoms with Crippen LogP contribution in [0.15, 0.2) is 36.7 Å². The Kier molecular flexibility index (Phi) is 3.27. The van der Waals surface area contributed by atoms with E-state index < -0.39 is 0 Å². The summed E-state index contributed by atoms with van der Waals surface area (Å²) in [4.78, 5) is 0. The van der Waals surface area contributed by atoms with Crippen LogP contribution in [-0.4, -0.2) is 16.3 Å². The molecular weight excluding hydrogens is 222 g/mol. The number of halogens is 1. The molecule has 0 saturated heterocycles. The van der Waals surface area contributed by atoms with E-state index >= 15 is 0 Å². The summed E-state index contributed by atoms with van der Waals surface area (Å²) in [5.74, 6) is 0.384. The Morgan fingerprint density at radius 1 is 1.38 bits per heavy atom. The minimum atomic E-state index is 0.384. The van der Waals surface area contributed by atoms with Crippen LogP contribution in [0.5, 0.6) is 0 Å². The average molecular weight is 236 g/mol. The van der Waals surface area contributed by atoms with E-state index in [-0.39, 0.29) is 0 Å². The second kappa shape index (κ2) is 4.68. The zero-order chi connectivity index (χ0) is 11.5. The predicted molar refractivity (Wildman–Crippen MR) is 66.0 cm³/mol. The van der Waals surface area contributed by atoms with E-state index in [9.17, 15) is 0 Å². The molecule has 1 aromatic heterocycles. The Bertz CT molecular complexity index is 461. The largest absolute Gasteiger partial charge is 0.330 e. The van der Waals surface area contributed by atoms with Gasteiger partial charge in [-0.25, -0.2) is 4.68 Å². The molecule has 1 aromatic carbocycles. The molecule has 0 aliphatic rings. The topological polar surface area (TPSA) is 43.8 Å². The third-order valence-corrected chi connectivity index (χ3v) is 2.83. The molecule has 1 atom stereocenters. The molecule has 1 unspecified atom stereocenters. The van der Waals surface area contributed by atoms with Crippen LogP contribution in [0, 0.1) is 0 Å². The fourth-order valence-electron chi connectivity index (χ4n) is 1.53. The normalized spacial score (nSPS) is 12.7. The first-order valence-electron chi connectivity index (χ1n) is 5.21. The standard InChI is InChI=1S/C12H14ClN3/c1-9(6-14)10-2-4-12(5-3-10)16-8-11(13)7-15-16/h2-5,7-9H,6,14H2,1H3. The zero-order valence-electron chi connectivity index (χ0n) is 9.10. The van der Waals surface area contributed by atoms with E-state index in [0.717, 1.165) is 5.69 Å². The van der Waals surface area contributed by atoms with Crippen molar-refractivity contribution in [2.24, 2.45) is 5.73 Å². The van der Waals surface area contributed by atoms with Crippen LogP contribution >= 0.6 is 11.6 Å². The van der Waals surface area contributed by atoms with Crippen LogP contribution in [0.4, 0.5) is 0 Å². The first-order chi connectivity index (χ1) is 7.70. The van der Waals surface area contributed by atoms with E-state index in [1.54, 1.807) is 17.1 Å². The predicted octanol–water partition coefficient (Wildman–Crippen LogP) is 2.59. The van der Waals surface area contributed by atoms with E-state index in [1.807, 2.05) is 12.1 Å². The molecule has 84 valence electrons. The Morgan fingerprint density at radius 2 is 2.06 bits per heavy atom. The summed E-state index contributed by atoms with van der Waals surface area (Å²) in [5.41, 5.74) is 7.86. The van der Waals surface area contributed by atoms with Crippen molar-refractivity contribution in [2.75, 3.05) is 6.54 Å². The summed E-state index contributed by atoms with van der Waals surface area (Å²) in [6, 6.07) is 8.18. The fraction of sp³-hybridized carbons (Fsp3) is 0.250. The number of nitrogens with two attached hydrogens (primary N) is 1. The van der Waals surface area contributed by atoms with Gasteiger partial charge < -0.3 is 5.73 Å².